The Balaban J connectivity index is 1.81. The van der Waals surface area contributed by atoms with Crippen LogP contribution in [0.4, 0.5) is 5.69 Å². The van der Waals surface area contributed by atoms with Gasteiger partial charge in [0.25, 0.3) is 0 Å². The van der Waals surface area contributed by atoms with Gasteiger partial charge >= 0.3 is 0 Å². The minimum absolute atomic E-state index is 0.283. The number of nitrogens with zero attached hydrogens (tertiary/aromatic N) is 3. The van der Waals surface area contributed by atoms with E-state index in [4.69, 9.17) is 17.0 Å². The normalized spacial score (nSPS) is 11.9. The van der Waals surface area contributed by atoms with E-state index >= 15 is 0 Å². The van der Waals surface area contributed by atoms with Crippen molar-refractivity contribution in [2.45, 2.75) is 31.6 Å². The molecule has 0 fully saturated rings. The van der Waals surface area contributed by atoms with Crippen LogP contribution in [0.1, 0.15) is 32.3 Å². The number of hydrogen-bond acceptors (Lipinski definition) is 5. The maximum atomic E-state index is 13.2. The minimum Gasteiger partial charge on any atom is -0.497 e. The molecule has 3 aromatic rings. The van der Waals surface area contributed by atoms with Crippen LogP contribution in [-0.4, -0.2) is 48.8 Å². The highest BCUT2D eigenvalue weighted by molar-refractivity contribution is 7.89. The van der Waals surface area contributed by atoms with Gasteiger partial charge in [0.1, 0.15) is 5.75 Å². The predicted molar refractivity (Wildman–Crippen MR) is 142 cm³/mol. The van der Waals surface area contributed by atoms with Gasteiger partial charge in [-0.15, -0.1) is 0 Å². The van der Waals surface area contributed by atoms with Gasteiger partial charge in [-0.25, -0.2) is 8.42 Å². The summed E-state index contributed by atoms with van der Waals surface area (Å²) < 4.78 is 35.2. The van der Waals surface area contributed by atoms with Crippen molar-refractivity contribution in [1.82, 2.24) is 14.3 Å². The van der Waals surface area contributed by atoms with Crippen molar-refractivity contribution in [3.05, 3.63) is 54.2 Å². The monoisotopic (exact) mass is 501 g/mol. The van der Waals surface area contributed by atoms with Crippen LogP contribution >= 0.6 is 12.2 Å². The van der Waals surface area contributed by atoms with Gasteiger partial charge in [-0.05, 0) is 55.4 Å². The quantitative estimate of drug-likeness (QED) is 0.244. The molecule has 2 N–H and O–H groups in total. The van der Waals surface area contributed by atoms with Gasteiger partial charge in [0.05, 0.1) is 18.2 Å². The van der Waals surface area contributed by atoms with Crippen molar-refractivity contribution in [1.29, 1.82) is 0 Å². The van der Waals surface area contributed by atoms with E-state index in [0.717, 1.165) is 35.0 Å². The van der Waals surface area contributed by atoms with Crippen molar-refractivity contribution >= 4 is 50.2 Å². The lowest BCUT2D eigenvalue weighted by Gasteiger charge is -2.21. The molecular formula is C24H31N5O3S2. The van der Waals surface area contributed by atoms with Crippen LogP contribution in [0.25, 0.3) is 10.9 Å². The number of nitrogens with one attached hydrogen (secondary N) is 2. The van der Waals surface area contributed by atoms with Gasteiger partial charge in [-0.1, -0.05) is 19.9 Å². The Hall–Kier alpha value is -2.95. The van der Waals surface area contributed by atoms with E-state index in [2.05, 4.69) is 15.8 Å². The maximum absolute atomic E-state index is 13.2. The van der Waals surface area contributed by atoms with E-state index in [1.54, 1.807) is 29.8 Å². The van der Waals surface area contributed by atoms with E-state index in [9.17, 15) is 8.42 Å². The first-order valence-electron chi connectivity index (χ1n) is 11.1. The molecule has 0 aliphatic rings. The van der Waals surface area contributed by atoms with Crippen molar-refractivity contribution in [2.75, 3.05) is 25.5 Å². The van der Waals surface area contributed by atoms with Gasteiger partial charge in [-0.2, -0.15) is 9.41 Å². The molecule has 0 spiro atoms. The number of hydrazone groups is 1. The molecule has 0 aliphatic carbocycles. The Kier molecular flexibility index (Phi) is 8.65. The van der Waals surface area contributed by atoms with Crippen molar-refractivity contribution in [2.24, 2.45) is 12.1 Å². The van der Waals surface area contributed by atoms with E-state index in [-0.39, 0.29) is 4.90 Å². The number of thiocarbonyl (C=S) groups is 1. The zero-order valence-corrected chi connectivity index (χ0v) is 21.5. The van der Waals surface area contributed by atoms with Crippen molar-refractivity contribution in [3.8, 4) is 5.75 Å². The topological polar surface area (TPSA) is 88.0 Å². The Labute approximate surface area is 206 Å². The average Bonchev–Trinajstić information content (AvgIpc) is 3.14. The highest BCUT2D eigenvalue weighted by Crippen LogP contribution is 2.25. The standard InChI is InChI=1S/C24H31N5O3S2/c1-5-12-29(13-6-2)34(30,31)21-10-11-23-22(15-21)18(17-28(23)3)16-25-27-24(33)26-19-8-7-9-20(14-19)32-4/h7-11,14-17H,5-6,12-13H2,1-4H3,(H2,26,27,33)/b25-16+. The van der Waals surface area contributed by atoms with Crippen LogP contribution in [0.3, 0.4) is 0 Å². The Bertz CT molecular complexity index is 1280. The smallest absolute Gasteiger partial charge is 0.243 e. The number of aryl methyl sites for hydroxylation is 1. The Morgan fingerprint density at radius 2 is 1.91 bits per heavy atom. The molecular weight excluding hydrogens is 470 g/mol. The summed E-state index contributed by atoms with van der Waals surface area (Å²) >= 11 is 5.31. The highest BCUT2D eigenvalue weighted by Gasteiger charge is 2.24. The summed E-state index contributed by atoms with van der Waals surface area (Å²) in [4.78, 5) is 0.283. The molecule has 0 atom stereocenters. The fourth-order valence-electron chi connectivity index (χ4n) is 3.69. The second-order valence-corrected chi connectivity index (χ2v) is 10.2. The third kappa shape index (κ3) is 5.94. The fourth-order valence-corrected chi connectivity index (χ4v) is 5.51. The largest absolute Gasteiger partial charge is 0.497 e. The van der Waals surface area contributed by atoms with E-state index in [1.165, 1.54) is 0 Å². The zero-order valence-electron chi connectivity index (χ0n) is 19.9. The van der Waals surface area contributed by atoms with Crippen molar-refractivity contribution in [3.63, 3.8) is 0 Å². The number of fused-ring (bicyclic) bond motifs is 1. The molecule has 3 rings (SSSR count). The van der Waals surface area contributed by atoms with Gasteiger partial charge in [0, 0.05) is 54.6 Å². The van der Waals surface area contributed by atoms with Crippen LogP contribution in [0.5, 0.6) is 5.75 Å². The summed E-state index contributed by atoms with van der Waals surface area (Å²) in [5, 5.41) is 8.42. The predicted octanol–water partition coefficient (Wildman–Crippen LogP) is 4.32. The highest BCUT2D eigenvalue weighted by atomic mass is 32.2. The summed E-state index contributed by atoms with van der Waals surface area (Å²) in [6.07, 6.45) is 5.06. The number of anilines is 1. The molecule has 0 saturated heterocycles. The number of rotatable bonds is 10. The molecule has 0 unspecified atom stereocenters. The van der Waals surface area contributed by atoms with Gasteiger partial charge < -0.3 is 14.6 Å². The minimum atomic E-state index is -3.58. The zero-order chi connectivity index (χ0) is 24.7. The molecule has 1 heterocycles. The molecule has 34 heavy (non-hydrogen) atoms. The van der Waals surface area contributed by atoms with E-state index in [0.29, 0.717) is 24.0 Å². The Morgan fingerprint density at radius 3 is 2.59 bits per heavy atom. The molecule has 182 valence electrons. The van der Waals surface area contributed by atoms with Crippen LogP contribution in [-0.2, 0) is 17.1 Å². The Morgan fingerprint density at radius 1 is 1.18 bits per heavy atom. The summed E-state index contributed by atoms with van der Waals surface area (Å²) in [6, 6.07) is 12.6. The molecule has 1 aromatic heterocycles. The number of aromatic nitrogens is 1. The second-order valence-electron chi connectivity index (χ2n) is 7.83. The van der Waals surface area contributed by atoms with Gasteiger partial charge in [-0.3, -0.25) is 5.43 Å². The molecule has 0 amide bonds. The van der Waals surface area contributed by atoms with Gasteiger partial charge in [0.15, 0.2) is 5.11 Å². The lowest BCUT2D eigenvalue weighted by Crippen LogP contribution is -2.32. The molecule has 10 heteroatoms. The molecule has 0 radical (unpaired) electrons. The lowest BCUT2D eigenvalue weighted by atomic mass is 10.2. The lowest BCUT2D eigenvalue weighted by molar-refractivity contribution is 0.410. The molecule has 0 bridgehead atoms. The van der Waals surface area contributed by atoms with Crippen LogP contribution in [0.2, 0.25) is 0 Å². The first-order chi connectivity index (χ1) is 16.3. The average molecular weight is 502 g/mol. The van der Waals surface area contributed by atoms with Crippen LogP contribution in [0.15, 0.2) is 58.7 Å². The fraction of sp³-hybridized carbons (Fsp3) is 0.333. The third-order valence-corrected chi connectivity index (χ3v) is 7.36. The number of benzene rings is 2. The molecule has 0 saturated carbocycles. The van der Waals surface area contributed by atoms with Crippen molar-refractivity contribution < 1.29 is 13.2 Å². The maximum Gasteiger partial charge on any atom is 0.243 e. The SMILES string of the molecule is CCCN(CCC)S(=O)(=O)c1ccc2c(c1)c(/C=N/NC(=S)Nc1cccc(OC)c1)cn2C. The molecule has 8 nitrogen and oxygen atoms in total. The third-order valence-electron chi connectivity index (χ3n) is 5.27. The molecule has 0 aliphatic heterocycles. The summed E-state index contributed by atoms with van der Waals surface area (Å²) in [7, 11) is -0.0592. The van der Waals surface area contributed by atoms with E-state index < -0.39 is 10.0 Å². The van der Waals surface area contributed by atoms with Crippen LogP contribution < -0.4 is 15.5 Å². The van der Waals surface area contributed by atoms with Crippen LogP contribution in [0, 0.1) is 0 Å². The van der Waals surface area contributed by atoms with Gasteiger partial charge in [0.2, 0.25) is 10.0 Å². The first kappa shape index (κ1) is 25.7. The summed E-state index contributed by atoms with van der Waals surface area (Å²) in [5.41, 5.74) is 5.27. The first-order valence-corrected chi connectivity index (χ1v) is 13.0. The number of methoxy groups -OCH3 is 1. The number of sulfonamides is 1. The second kappa shape index (κ2) is 11.5. The number of hydrogen-bond donors (Lipinski definition) is 2. The molecule has 2 aromatic carbocycles. The van der Waals surface area contributed by atoms with E-state index in [1.807, 2.05) is 62.0 Å². The summed E-state index contributed by atoms with van der Waals surface area (Å²) in [5.74, 6) is 0.717. The summed E-state index contributed by atoms with van der Waals surface area (Å²) in [6.45, 7) is 4.96. The number of ether oxygens (including phenoxy) is 1.